The zero-order valence-electron chi connectivity index (χ0n) is 19.2. The Morgan fingerprint density at radius 3 is 2.18 bits per heavy atom. The van der Waals surface area contributed by atoms with E-state index in [1.807, 2.05) is 61.5 Å². The maximum atomic E-state index is 13.5. The van der Waals surface area contributed by atoms with Crippen molar-refractivity contribution in [2.45, 2.75) is 13.8 Å². The van der Waals surface area contributed by atoms with Crippen molar-refractivity contribution in [3.8, 4) is 22.7 Å². The molecule has 2 heterocycles. The molecule has 172 valence electrons. The summed E-state index contributed by atoms with van der Waals surface area (Å²) in [6.45, 7) is 5.89. The molecule has 1 saturated heterocycles. The van der Waals surface area contributed by atoms with Crippen LogP contribution in [0.15, 0.2) is 54.6 Å². The molecule has 0 aliphatic carbocycles. The SMILES string of the molecule is CCOC(=O)N1CCN(C(=O)c2cc(-c3ccc(OC)cc3)nn2-c2ccc(C)cc2)CC1. The molecule has 8 heteroatoms. The number of aromatic nitrogens is 2. The lowest BCUT2D eigenvalue weighted by Crippen LogP contribution is -2.51. The first kappa shape index (κ1) is 22.4. The Balaban J connectivity index is 1.63. The molecule has 33 heavy (non-hydrogen) atoms. The maximum Gasteiger partial charge on any atom is 0.409 e. The van der Waals surface area contributed by atoms with Crippen LogP contribution < -0.4 is 4.74 Å². The lowest BCUT2D eigenvalue weighted by Gasteiger charge is -2.34. The van der Waals surface area contributed by atoms with E-state index in [2.05, 4.69) is 0 Å². The molecule has 1 aromatic heterocycles. The number of benzene rings is 2. The number of amides is 2. The smallest absolute Gasteiger partial charge is 0.409 e. The largest absolute Gasteiger partial charge is 0.497 e. The van der Waals surface area contributed by atoms with Gasteiger partial charge in [-0.1, -0.05) is 17.7 Å². The predicted octanol–water partition coefficient (Wildman–Crippen LogP) is 3.77. The van der Waals surface area contributed by atoms with E-state index < -0.39 is 0 Å². The van der Waals surface area contributed by atoms with Gasteiger partial charge in [0, 0.05) is 31.7 Å². The van der Waals surface area contributed by atoms with Crippen molar-refractivity contribution >= 4 is 12.0 Å². The van der Waals surface area contributed by atoms with E-state index in [4.69, 9.17) is 14.6 Å². The van der Waals surface area contributed by atoms with Gasteiger partial charge in [0.2, 0.25) is 0 Å². The summed E-state index contributed by atoms with van der Waals surface area (Å²) in [7, 11) is 1.62. The molecule has 8 nitrogen and oxygen atoms in total. The van der Waals surface area contributed by atoms with Crippen molar-refractivity contribution in [1.29, 1.82) is 0 Å². The number of aryl methyl sites for hydroxylation is 1. The fraction of sp³-hybridized carbons (Fsp3) is 0.320. The number of nitrogens with zero attached hydrogens (tertiary/aromatic N) is 4. The molecule has 0 atom stereocenters. The van der Waals surface area contributed by atoms with Crippen LogP contribution in [0.2, 0.25) is 0 Å². The Morgan fingerprint density at radius 1 is 0.939 bits per heavy atom. The Hall–Kier alpha value is -3.81. The Morgan fingerprint density at radius 2 is 1.58 bits per heavy atom. The highest BCUT2D eigenvalue weighted by molar-refractivity contribution is 5.94. The molecule has 2 amide bonds. The molecular weight excluding hydrogens is 420 g/mol. The van der Waals surface area contributed by atoms with Gasteiger partial charge >= 0.3 is 6.09 Å². The second-order valence-corrected chi connectivity index (χ2v) is 7.87. The molecule has 1 fully saturated rings. The summed E-state index contributed by atoms with van der Waals surface area (Å²) >= 11 is 0. The molecule has 0 N–H and O–H groups in total. The predicted molar refractivity (Wildman–Crippen MR) is 125 cm³/mol. The van der Waals surface area contributed by atoms with E-state index in [1.165, 1.54) is 0 Å². The fourth-order valence-corrected chi connectivity index (χ4v) is 3.79. The van der Waals surface area contributed by atoms with Gasteiger partial charge in [-0.25, -0.2) is 9.48 Å². The zero-order valence-corrected chi connectivity index (χ0v) is 19.2. The topological polar surface area (TPSA) is 76.9 Å². The zero-order chi connectivity index (χ0) is 23.4. The molecule has 1 aliphatic rings. The summed E-state index contributed by atoms with van der Waals surface area (Å²) < 4.78 is 12.0. The van der Waals surface area contributed by atoms with Gasteiger partial charge in [-0.15, -0.1) is 0 Å². The van der Waals surface area contributed by atoms with Gasteiger partial charge in [0.15, 0.2) is 0 Å². The van der Waals surface area contributed by atoms with Crippen molar-refractivity contribution in [2.24, 2.45) is 0 Å². The van der Waals surface area contributed by atoms with Crippen molar-refractivity contribution in [3.05, 3.63) is 65.9 Å². The van der Waals surface area contributed by atoms with Crippen LogP contribution in [-0.2, 0) is 4.74 Å². The quantitative estimate of drug-likeness (QED) is 0.594. The number of hydrogen-bond acceptors (Lipinski definition) is 5. The van der Waals surface area contributed by atoms with E-state index in [0.717, 1.165) is 22.6 Å². The summed E-state index contributed by atoms with van der Waals surface area (Å²) in [4.78, 5) is 28.9. The first-order chi connectivity index (χ1) is 16.0. The number of ether oxygens (including phenoxy) is 2. The summed E-state index contributed by atoms with van der Waals surface area (Å²) in [5.41, 5.74) is 4.02. The minimum atomic E-state index is -0.337. The van der Waals surface area contributed by atoms with Gasteiger partial charge in [0.1, 0.15) is 11.4 Å². The third-order valence-electron chi connectivity index (χ3n) is 5.69. The van der Waals surface area contributed by atoms with Gasteiger partial charge in [-0.3, -0.25) is 4.79 Å². The molecule has 4 rings (SSSR count). The summed E-state index contributed by atoms with van der Waals surface area (Å²) in [5.74, 6) is 0.638. The average Bonchev–Trinajstić information content (AvgIpc) is 3.30. The molecule has 0 unspecified atom stereocenters. The van der Waals surface area contributed by atoms with Crippen molar-refractivity contribution in [1.82, 2.24) is 19.6 Å². The number of piperazine rings is 1. The molecule has 0 radical (unpaired) electrons. The van der Waals surface area contributed by atoms with Crippen LogP contribution in [0, 0.1) is 6.92 Å². The van der Waals surface area contributed by atoms with Crippen LogP contribution >= 0.6 is 0 Å². The van der Waals surface area contributed by atoms with Crippen LogP contribution in [0.1, 0.15) is 23.0 Å². The Kier molecular flexibility index (Phi) is 6.63. The molecule has 3 aromatic rings. The normalized spacial score (nSPS) is 13.7. The standard InChI is InChI=1S/C25H28N4O4/c1-4-33-25(31)28-15-13-27(14-16-28)24(30)23-17-22(19-7-11-21(32-3)12-8-19)26-29(23)20-9-5-18(2)6-10-20/h5-12,17H,4,13-16H2,1-3H3. The third-order valence-corrected chi connectivity index (χ3v) is 5.69. The number of carbonyl (C=O) groups is 2. The molecule has 2 aromatic carbocycles. The van der Waals surface area contributed by atoms with E-state index in [0.29, 0.717) is 44.2 Å². The number of rotatable bonds is 5. The van der Waals surface area contributed by atoms with Crippen molar-refractivity contribution < 1.29 is 19.1 Å². The van der Waals surface area contributed by atoms with E-state index >= 15 is 0 Å². The van der Waals surface area contributed by atoms with Crippen LogP contribution in [-0.4, -0.2) is 71.5 Å². The first-order valence-corrected chi connectivity index (χ1v) is 11.0. The number of methoxy groups -OCH3 is 1. The molecule has 1 aliphatic heterocycles. The van der Waals surface area contributed by atoms with Crippen molar-refractivity contribution in [2.75, 3.05) is 39.9 Å². The number of carbonyl (C=O) groups excluding carboxylic acids is 2. The summed E-state index contributed by atoms with van der Waals surface area (Å²) in [5, 5.41) is 4.76. The minimum absolute atomic E-state index is 0.119. The van der Waals surface area contributed by atoms with E-state index in [-0.39, 0.29) is 12.0 Å². The molecule has 0 saturated carbocycles. The van der Waals surface area contributed by atoms with Crippen LogP contribution in [0.5, 0.6) is 5.75 Å². The third kappa shape index (κ3) is 4.84. The fourth-order valence-electron chi connectivity index (χ4n) is 3.79. The van der Waals surface area contributed by atoms with E-state index in [9.17, 15) is 9.59 Å². The van der Waals surface area contributed by atoms with E-state index in [1.54, 1.807) is 28.5 Å². The highest BCUT2D eigenvalue weighted by Crippen LogP contribution is 2.25. The van der Waals surface area contributed by atoms with Gasteiger partial charge < -0.3 is 19.3 Å². The van der Waals surface area contributed by atoms with Crippen LogP contribution in [0.3, 0.4) is 0 Å². The molecular formula is C25H28N4O4. The van der Waals surface area contributed by atoms with Gasteiger partial charge in [0.25, 0.3) is 5.91 Å². The summed E-state index contributed by atoms with van der Waals surface area (Å²) in [6.07, 6.45) is -0.337. The van der Waals surface area contributed by atoms with Crippen LogP contribution in [0.25, 0.3) is 16.9 Å². The van der Waals surface area contributed by atoms with Crippen LogP contribution in [0.4, 0.5) is 4.79 Å². The second-order valence-electron chi connectivity index (χ2n) is 7.87. The summed E-state index contributed by atoms with van der Waals surface area (Å²) in [6, 6.07) is 17.3. The first-order valence-electron chi connectivity index (χ1n) is 11.0. The van der Waals surface area contributed by atoms with Gasteiger partial charge in [0.05, 0.1) is 25.1 Å². The lowest BCUT2D eigenvalue weighted by atomic mass is 10.1. The highest BCUT2D eigenvalue weighted by atomic mass is 16.6. The highest BCUT2D eigenvalue weighted by Gasteiger charge is 2.28. The minimum Gasteiger partial charge on any atom is -0.497 e. The van der Waals surface area contributed by atoms with Gasteiger partial charge in [-0.2, -0.15) is 5.10 Å². The molecule has 0 bridgehead atoms. The molecule has 0 spiro atoms. The van der Waals surface area contributed by atoms with Gasteiger partial charge in [-0.05, 0) is 56.3 Å². The Bertz CT molecular complexity index is 1110. The Labute approximate surface area is 193 Å². The maximum absolute atomic E-state index is 13.5. The van der Waals surface area contributed by atoms with Crippen molar-refractivity contribution in [3.63, 3.8) is 0 Å². The average molecular weight is 449 g/mol. The number of hydrogen-bond donors (Lipinski definition) is 0. The lowest BCUT2D eigenvalue weighted by molar-refractivity contribution is 0.0563. The monoisotopic (exact) mass is 448 g/mol. The second kappa shape index (κ2) is 9.77.